The van der Waals surface area contributed by atoms with Crippen molar-refractivity contribution < 1.29 is 14.6 Å². The standard InChI is InChI=1S/C8H14N4O3/c1-15-7-4-5(10-8(13)14)2-3-6(7)11-12-9/h5-7,10H,2-4H2,1H3,(H,13,14)/t5-,6-,7+/m1/s1. The Morgan fingerprint density at radius 3 is 2.93 bits per heavy atom. The molecule has 0 aromatic rings. The van der Waals surface area contributed by atoms with E-state index in [0.29, 0.717) is 19.3 Å². The van der Waals surface area contributed by atoms with Crippen molar-refractivity contribution in [1.82, 2.24) is 5.32 Å². The fourth-order valence-electron chi connectivity index (χ4n) is 1.87. The zero-order chi connectivity index (χ0) is 11.3. The van der Waals surface area contributed by atoms with E-state index in [-0.39, 0.29) is 18.2 Å². The molecule has 0 aromatic heterocycles. The average molecular weight is 214 g/mol. The molecule has 84 valence electrons. The molecule has 0 aromatic carbocycles. The van der Waals surface area contributed by atoms with E-state index in [1.165, 1.54) is 7.11 Å². The first-order valence-electron chi connectivity index (χ1n) is 4.73. The van der Waals surface area contributed by atoms with Crippen molar-refractivity contribution in [3.8, 4) is 0 Å². The molecule has 3 atom stereocenters. The van der Waals surface area contributed by atoms with E-state index in [4.69, 9.17) is 15.4 Å². The quantitative estimate of drug-likeness (QED) is 0.422. The van der Waals surface area contributed by atoms with E-state index in [0.717, 1.165) is 0 Å². The number of rotatable bonds is 3. The van der Waals surface area contributed by atoms with E-state index < -0.39 is 6.09 Å². The lowest BCUT2D eigenvalue weighted by Gasteiger charge is -2.32. The molecule has 2 N–H and O–H groups in total. The highest BCUT2D eigenvalue weighted by molar-refractivity contribution is 5.64. The summed E-state index contributed by atoms with van der Waals surface area (Å²) >= 11 is 0. The molecule has 0 aliphatic heterocycles. The first-order valence-corrected chi connectivity index (χ1v) is 4.73. The fourth-order valence-corrected chi connectivity index (χ4v) is 1.87. The van der Waals surface area contributed by atoms with Crippen LogP contribution in [0.5, 0.6) is 0 Å². The van der Waals surface area contributed by atoms with Gasteiger partial charge in [-0.15, -0.1) is 0 Å². The van der Waals surface area contributed by atoms with Crippen LogP contribution in [0.25, 0.3) is 10.4 Å². The van der Waals surface area contributed by atoms with E-state index in [9.17, 15) is 4.79 Å². The molecule has 0 spiro atoms. The minimum Gasteiger partial charge on any atom is -0.465 e. The highest BCUT2D eigenvalue weighted by Crippen LogP contribution is 2.24. The van der Waals surface area contributed by atoms with E-state index in [2.05, 4.69) is 15.3 Å². The summed E-state index contributed by atoms with van der Waals surface area (Å²) in [4.78, 5) is 13.2. The Bertz CT molecular complexity index is 277. The summed E-state index contributed by atoms with van der Waals surface area (Å²) in [7, 11) is 1.54. The van der Waals surface area contributed by atoms with Gasteiger partial charge in [0.2, 0.25) is 0 Å². The van der Waals surface area contributed by atoms with Crippen molar-refractivity contribution in [1.29, 1.82) is 0 Å². The third-order valence-electron chi connectivity index (χ3n) is 2.59. The summed E-state index contributed by atoms with van der Waals surface area (Å²) in [6.45, 7) is 0. The third kappa shape index (κ3) is 3.30. The molecular formula is C8H14N4O3. The summed E-state index contributed by atoms with van der Waals surface area (Å²) in [6, 6.07) is -0.301. The van der Waals surface area contributed by atoms with Gasteiger partial charge in [-0.3, -0.25) is 0 Å². The van der Waals surface area contributed by atoms with E-state index in [1.54, 1.807) is 0 Å². The SMILES string of the molecule is CO[C@H]1C[C@H](NC(=O)O)CC[C@H]1N=[N+]=[N-]. The lowest BCUT2D eigenvalue weighted by Crippen LogP contribution is -2.44. The Balaban J connectivity index is 2.54. The monoisotopic (exact) mass is 214 g/mol. The van der Waals surface area contributed by atoms with Gasteiger partial charge in [0.15, 0.2) is 0 Å². The number of ether oxygens (including phenoxy) is 1. The Morgan fingerprint density at radius 1 is 1.67 bits per heavy atom. The molecule has 1 rings (SSSR count). The lowest BCUT2D eigenvalue weighted by molar-refractivity contribution is 0.0432. The molecule has 1 fully saturated rings. The van der Waals surface area contributed by atoms with Crippen molar-refractivity contribution in [2.75, 3.05) is 7.11 Å². The molecule has 0 radical (unpaired) electrons. The van der Waals surface area contributed by atoms with Crippen LogP contribution in [0, 0.1) is 0 Å². The molecule has 1 saturated carbocycles. The van der Waals surface area contributed by atoms with Crippen LogP contribution in [0.2, 0.25) is 0 Å². The maximum Gasteiger partial charge on any atom is 0.404 e. The second-order valence-electron chi connectivity index (χ2n) is 3.51. The molecule has 15 heavy (non-hydrogen) atoms. The summed E-state index contributed by atoms with van der Waals surface area (Å²) < 4.78 is 5.17. The predicted molar refractivity (Wildman–Crippen MR) is 52.5 cm³/mol. The van der Waals surface area contributed by atoms with E-state index in [1.807, 2.05) is 0 Å². The highest BCUT2D eigenvalue weighted by Gasteiger charge is 2.30. The van der Waals surface area contributed by atoms with Gasteiger partial charge in [-0.2, -0.15) is 0 Å². The molecular weight excluding hydrogens is 200 g/mol. The molecule has 0 saturated heterocycles. The van der Waals surface area contributed by atoms with Gasteiger partial charge in [0.1, 0.15) is 0 Å². The maximum absolute atomic E-state index is 10.4. The zero-order valence-corrected chi connectivity index (χ0v) is 8.46. The Kier molecular flexibility index (Phi) is 4.20. The normalized spacial score (nSPS) is 30.3. The van der Waals surface area contributed by atoms with Crippen molar-refractivity contribution >= 4 is 6.09 Å². The first kappa shape index (κ1) is 11.6. The van der Waals surface area contributed by atoms with Crippen LogP contribution in [-0.2, 0) is 4.74 Å². The number of azide groups is 1. The zero-order valence-electron chi connectivity index (χ0n) is 8.46. The van der Waals surface area contributed by atoms with Crippen LogP contribution < -0.4 is 5.32 Å². The van der Waals surface area contributed by atoms with Gasteiger partial charge in [0.05, 0.1) is 12.1 Å². The smallest absolute Gasteiger partial charge is 0.404 e. The van der Waals surface area contributed by atoms with Crippen LogP contribution in [-0.4, -0.2) is 36.5 Å². The first-order chi connectivity index (χ1) is 7.17. The Hall–Kier alpha value is -1.46. The van der Waals surface area contributed by atoms with Gasteiger partial charge in [-0.25, -0.2) is 4.79 Å². The van der Waals surface area contributed by atoms with Gasteiger partial charge in [0.25, 0.3) is 0 Å². The van der Waals surface area contributed by atoms with Crippen LogP contribution in [0.15, 0.2) is 5.11 Å². The topological polar surface area (TPSA) is 107 Å². The second kappa shape index (κ2) is 5.43. The number of hydrogen-bond acceptors (Lipinski definition) is 3. The van der Waals surface area contributed by atoms with Gasteiger partial charge in [-0.05, 0) is 24.8 Å². The Morgan fingerprint density at radius 2 is 2.40 bits per heavy atom. The fraction of sp³-hybridized carbons (Fsp3) is 0.875. The molecule has 7 heteroatoms. The highest BCUT2D eigenvalue weighted by atomic mass is 16.5. The second-order valence-corrected chi connectivity index (χ2v) is 3.51. The van der Waals surface area contributed by atoms with Gasteiger partial charge in [0, 0.05) is 18.1 Å². The average Bonchev–Trinajstić information content (AvgIpc) is 2.20. The van der Waals surface area contributed by atoms with Crippen molar-refractivity contribution in [2.45, 2.75) is 37.5 Å². The van der Waals surface area contributed by atoms with Crippen LogP contribution in [0.4, 0.5) is 4.79 Å². The van der Waals surface area contributed by atoms with Gasteiger partial charge >= 0.3 is 6.09 Å². The van der Waals surface area contributed by atoms with Crippen molar-refractivity contribution in [2.24, 2.45) is 5.11 Å². The maximum atomic E-state index is 10.4. The summed E-state index contributed by atoms with van der Waals surface area (Å²) in [5.74, 6) is 0. The Labute approximate surface area is 87.0 Å². The minimum atomic E-state index is -1.03. The summed E-state index contributed by atoms with van der Waals surface area (Å²) in [5, 5.41) is 14.6. The number of nitrogens with zero attached hydrogens (tertiary/aromatic N) is 3. The number of nitrogens with one attached hydrogen (secondary N) is 1. The number of carboxylic acid groups (broad SMARTS) is 1. The van der Waals surface area contributed by atoms with Gasteiger partial charge < -0.3 is 15.2 Å². The molecule has 7 nitrogen and oxygen atoms in total. The molecule has 1 aliphatic carbocycles. The van der Waals surface area contributed by atoms with Crippen molar-refractivity contribution in [3.63, 3.8) is 0 Å². The van der Waals surface area contributed by atoms with Crippen molar-refractivity contribution in [3.05, 3.63) is 10.4 Å². The van der Waals surface area contributed by atoms with E-state index >= 15 is 0 Å². The van der Waals surface area contributed by atoms with Gasteiger partial charge in [-0.1, -0.05) is 5.11 Å². The minimum absolute atomic E-state index is 0.113. The molecule has 1 amide bonds. The predicted octanol–water partition coefficient (Wildman–Crippen LogP) is 1.50. The third-order valence-corrected chi connectivity index (χ3v) is 2.59. The van der Waals surface area contributed by atoms with Crippen LogP contribution in [0.1, 0.15) is 19.3 Å². The molecule has 0 heterocycles. The molecule has 1 aliphatic rings. The number of hydrogen-bond donors (Lipinski definition) is 2. The largest absolute Gasteiger partial charge is 0.465 e. The summed E-state index contributed by atoms with van der Waals surface area (Å²) in [6.07, 6.45) is 0.638. The number of amides is 1. The number of carbonyl (C=O) groups is 1. The molecule has 0 unspecified atom stereocenters. The lowest BCUT2D eigenvalue weighted by atomic mass is 9.89. The summed E-state index contributed by atoms with van der Waals surface area (Å²) in [5.41, 5.74) is 8.34. The molecule has 0 bridgehead atoms. The van der Waals surface area contributed by atoms with Crippen LogP contribution in [0.3, 0.4) is 0 Å². The van der Waals surface area contributed by atoms with Crippen LogP contribution >= 0.6 is 0 Å². The number of methoxy groups -OCH3 is 1.